The number of rotatable bonds is 8. The average molecular weight is 605 g/mol. The standard InChI is InChI=1S/C34H39F3N6O/c1-21-7-6-10-43(18-21)19-23-11-27-26(29(12-23)34(35,36)37)15-28(31(27)44)30-14-24(13-25(40-30)8-4-5-9-38)33(16-22(2)17-33)32-41-39-20-42(32)3/h11-14,20-22,28H,4-8,10,15-19H2,1-3H3/t21-,22?,28?,33?/m0/s1. The van der Waals surface area contributed by atoms with Gasteiger partial charge in [0.05, 0.1) is 28.7 Å². The Morgan fingerprint density at radius 1 is 1.14 bits per heavy atom. The Labute approximate surface area is 256 Å². The third kappa shape index (κ3) is 5.67. The van der Waals surface area contributed by atoms with E-state index in [1.165, 1.54) is 6.07 Å². The minimum Gasteiger partial charge on any atom is -0.320 e. The van der Waals surface area contributed by atoms with Crippen LogP contribution in [0.5, 0.6) is 0 Å². The number of carbonyl (C=O) groups excluding carboxylic acids is 1. The van der Waals surface area contributed by atoms with Crippen LogP contribution in [-0.4, -0.2) is 43.5 Å². The van der Waals surface area contributed by atoms with Crippen molar-refractivity contribution in [3.05, 3.63) is 75.6 Å². The summed E-state index contributed by atoms with van der Waals surface area (Å²) in [5.74, 6) is 0.670. The number of unbranched alkanes of at least 4 members (excludes halogenated alkanes) is 1. The number of halogens is 3. The zero-order chi connectivity index (χ0) is 31.2. The van der Waals surface area contributed by atoms with E-state index in [0.717, 1.165) is 55.9 Å². The molecule has 1 aromatic carbocycles. The number of alkyl halides is 3. The van der Waals surface area contributed by atoms with Crippen molar-refractivity contribution in [3.8, 4) is 6.07 Å². The number of benzene rings is 1. The minimum absolute atomic E-state index is 0.0362. The van der Waals surface area contributed by atoms with Crippen LogP contribution in [-0.2, 0) is 38.0 Å². The quantitative estimate of drug-likeness (QED) is 0.271. The number of carbonyl (C=O) groups is 1. The van der Waals surface area contributed by atoms with E-state index in [-0.39, 0.29) is 23.3 Å². The average Bonchev–Trinajstić information content (AvgIpc) is 3.53. The summed E-state index contributed by atoms with van der Waals surface area (Å²) in [4.78, 5) is 21.1. The molecule has 0 spiro atoms. The number of hydrogen-bond acceptors (Lipinski definition) is 6. The van der Waals surface area contributed by atoms with Crippen molar-refractivity contribution >= 4 is 5.78 Å². The third-order valence-electron chi connectivity index (χ3n) is 9.82. The lowest BCUT2D eigenvalue weighted by Crippen LogP contribution is -2.43. The van der Waals surface area contributed by atoms with Crippen molar-refractivity contribution < 1.29 is 18.0 Å². The SMILES string of the molecule is CC1CC(c2cc(CCCC#N)nc(C3Cc4c(cc(CN5CCC[C@H](C)C5)cc4C(F)(F)F)C3=O)c2)(c2nncn2C)C1. The molecular weight excluding hydrogens is 565 g/mol. The van der Waals surface area contributed by atoms with Gasteiger partial charge in [-0.25, -0.2) is 0 Å². The van der Waals surface area contributed by atoms with Gasteiger partial charge in [0.15, 0.2) is 5.78 Å². The first-order valence-electron chi connectivity index (χ1n) is 15.7. The highest BCUT2D eigenvalue weighted by Crippen LogP contribution is 2.52. The van der Waals surface area contributed by atoms with E-state index < -0.39 is 23.1 Å². The van der Waals surface area contributed by atoms with Gasteiger partial charge >= 0.3 is 6.18 Å². The van der Waals surface area contributed by atoms with Crippen molar-refractivity contribution in [2.75, 3.05) is 13.1 Å². The lowest BCUT2D eigenvalue weighted by atomic mass is 9.58. The Morgan fingerprint density at radius 3 is 2.59 bits per heavy atom. The van der Waals surface area contributed by atoms with Crippen LogP contribution < -0.4 is 0 Å². The summed E-state index contributed by atoms with van der Waals surface area (Å²) in [6, 6.07) is 9.08. The van der Waals surface area contributed by atoms with Crippen molar-refractivity contribution in [2.24, 2.45) is 18.9 Å². The molecule has 2 fully saturated rings. The van der Waals surface area contributed by atoms with Crippen LogP contribution in [0.15, 0.2) is 30.6 Å². The molecule has 1 unspecified atom stereocenters. The van der Waals surface area contributed by atoms with Gasteiger partial charge in [0.2, 0.25) is 0 Å². The second-order valence-corrected chi connectivity index (χ2v) is 13.4. The zero-order valence-corrected chi connectivity index (χ0v) is 25.6. The van der Waals surface area contributed by atoms with Crippen LogP contribution in [0.25, 0.3) is 0 Å². The predicted octanol–water partition coefficient (Wildman–Crippen LogP) is 6.55. The van der Waals surface area contributed by atoms with Crippen LogP contribution in [0.4, 0.5) is 13.2 Å². The molecule has 2 aromatic heterocycles. The topological polar surface area (TPSA) is 87.7 Å². The molecule has 3 aliphatic rings. The van der Waals surface area contributed by atoms with Crippen molar-refractivity contribution in [2.45, 2.75) is 89.3 Å². The van der Waals surface area contributed by atoms with Crippen molar-refractivity contribution in [1.82, 2.24) is 24.6 Å². The molecule has 6 rings (SSSR count). The molecule has 1 saturated heterocycles. The van der Waals surface area contributed by atoms with E-state index in [9.17, 15) is 18.0 Å². The first-order chi connectivity index (χ1) is 21.0. The molecule has 3 aromatic rings. The maximum absolute atomic E-state index is 14.5. The molecule has 7 nitrogen and oxygen atoms in total. The Bertz CT molecular complexity index is 1600. The fraction of sp³-hybridized carbons (Fsp3) is 0.559. The van der Waals surface area contributed by atoms with Gasteiger partial charge in [0.25, 0.3) is 0 Å². The van der Waals surface area contributed by atoms with E-state index in [2.05, 4.69) is 35.0 Å². The van der Waals surface area contributed by atoms with Crippen LogP contribution >= 0.6 is 0 Å². The molecule has 44 heavy (non-hydrogen) atoms. The first kappa shape index (κ1) is 30.4. The van der Waals surface area contributed by atoms with Gasteiger partial charge < -0.3 is 4.57 Å². The van der Waals surface area contributed by atoms with Crippen LogP contribution in [0.2, 0.25) is 0 Å². The molecule has 2 aliphatic carbocycles. The summed E-state index contributed by atoms with van der Waals surface area (Å²) in [6.07, 6.45) is 2.41. The number of fused-ring (bicyclic) bond motifs is 1. The van der Waals surface area contributed by atoms with Gasteiger partial charge in [-0.3, -0.25) is 14.7 Å². The Hall–Kier alpha value is -3.58. The van der Waals surface area contributed by atoms with Crippen molar-refractivity contribution in [1.29, 1.82) is 5.26 Å². The predicted molar refractivity (Wildman–Crippen MR) is 159 cm³/mol. The Balaban J connectivity index is 1.40. The number of pyridine rings is 1. The van der Waals surface area contributed by atoms with Gasteiger partial charge in [0.1, 0.15) is 12.2 Å². The number of nitrogens with zero attached hydrogens (tertiary/aromatic N) is 6. The number of likely N-dealkylation sites (tertiary alicyclic amines) is 1. The molecule has 3 heterocycles. The summed E-state index contributed by atoms with van der Waals surface area (Å²) in [7, 11) is 1.91. The van der Waals surface area contributed by atoms with Gasteiger partial charge in [0, 0.05) is 37.8 Å². The lowest BCUT2D eigenvalue weighted by molar-refractivity contribution is -0.138. The Morgan fingerprint density at radius 2 is 1.93 bits per heavy atom. The van der Waals surface area contributed by atoms with E-state index in [1.807, 2.05) is 23.7 Å². The summed E-state index contributed by atoms with van der Waals surface area (Å²) in [5, 5.41) is 17.7. The number of aryl methyl sites for hydroxylation is 2. The largest absolute Gasteiger partial charge is 0.416 e. The molecular formula is C34H39F3N6O. The van der Waals surface area contributed by atoms with Crippen LogP contribution in [0.1, 0.15) is 108 Å². The second-order valence-electron chi connectivity index (χ2n) is 13.4. The number of piperidine rings is 1. The zero-order valence-electron chi connectivity index (χ0n) is 25.6. The molecule has 232 valence electrons. The summed E-state index contributed by atoms with van der Waals surface area (Å²) in [6.45, 7) is 6.43. The highest BCUT2D eigenvalue weighted by molar-refractivity contribution is 6.05. The smallest absolute Gasteiger partial charge is 0.320 e. The number of aromatic nitrogens is 4. The summed E-state index contributed by atoms with van der Waals surface area (Å²) in [5.41, 5.74) is 1.84. The molecule has 0 bridgehead atoms. The van der Waals surface area contributed by atoms with E-state index in [1.54, 1.807) is 12.4 Å². The van der Waals surface area contributed by atoms with E-state index >= 15 is 0 Å². The lowest BCUT2D eigenvalue weighted by Gasteiger charge is -2.46. The number of ketones is 1. The van der Waals surface area contributed by atoms with Gasteiger partial charge in [-0.1, -0.05) is 13.8 Å². The molecule has 0 N–H and O–H groups in total. The number of nitriles is 1. The highest BCUT2D eigenvalue weighted by atomic mass is 19.4. The molecule has 0 radical (unpaired) electrons. The molecule has 2 atom stereocenters. The second kappa shape index (κ2) is 11.7. The Kier molecular flexibility index (Phi) is 8.12. The first-order valence-corrected chi connectivity index (χ1v) is 15.7. The van der Waals surface area contributed by atoms with Gasteiger partial charge in [-0.05, 0) is 104 Å². The molecule has 0 amide bonds. The minimum atomic E-state index is -4.57. The monoisotopic (exact) mass is 604 g/mol. The van der Waals surface area contributed by atoms with E-state index in [0.29, 0.717) is 48.9 Å². The van der Waals surface area contributed by atoms with Gasteiger partial charge in [-0.2, -0.15) is 18.4 Å². The van der Waals surface area contributed by atoms with Crippen LogP contribution in [0.3, 0.4) is 0 Å². The van der Waals surface area contributed by atoms with E-state index in [4.69, 9.17) is 10.2 Å². The number of Topliss-reactive ketones (excluding diaryl/α,β-unsaturated/α-hetero) is 1. The summed E-state index contributed by atoms with van der Waals surface area (Å²) < 4.78 is 45.4. The summed E-state index contributed by atoms with van der Waals surface area (Å²) >= 11 is 0. The number of hydrogen-bond donors (Lipinski definition) is 0. The highest BCUT2D eigenvalue weighted by Gasteiger charge is 2.49. The normalized spacial score (nSPS) is 25.5. The van der Waals surface area contributed by atoms with Crippen LogP contribution in [0, 0.1) is 23.2 Å². The third-order valence-corrected chi connectivity index (χ3v) is 9.82. The fourth-order valence-electron chi connectivity index (χ4n) is 7.86. The maximum atomic E-state index is 14.5. The molecule has 1 aliphatic heterocycles. The van der Waals surface area contributed by atoms with Gasteiger partial charge in [-0.15, -0.1) is 10.2 Å². The van der Waals surface area contributed by atoms with Crippen molar-refractivity contribution in [3.63, 3.8) is 0 Å². The maximum Gasteiger partial charge on any atom is 0.416 e. The molecule has 1 saturated carbocycles. The fourth-order valence-corrected chi connectivity index (χ4v) is 7.86. The molecule has 10 heteroatoms.